The van der Waals surface area contributed by atoms with Gasteiger partial charge in [0.15, 0.2) is 0 Å². The van der Waals surface area contributed by atoms with Crippen molar-refractivity contribution in [3.05, 3.63) is 18.2 Å². The summed E-state index contributed by atoms with van der Waals surface area (Å²) in [5.74, 6) is 1.15. The Hall–Kier alpha value is -1.64. The summed E-state index contributed by atoms with van der Waals surface area (Å²) in [6.07, 6.45) is 5.99. The summed E-state index contributed by atoms with van der Waals surface area (Å²) < 4.78 is 31.5. The Balaban J connectivity index is 1.52. The van der Waals surface area contributed by atoms with Gasteiger partial charge in [0.2, 0.25) is 15.9 Å². The lowest BCUT2D eigenvalue weighted by molar-refractivity contribution is -0.167. The number of sulfonamides is 1. The van der Waals surface area contributed by atoms with E-state index in [2.05, 4.69) is 5.32 Å². The quantitative estimate of drug-likeness (QED) is 0.735. The fourth-order valence-electron chi connectivity index (χ4n) is 6.31. The lowest BCUT2D eigenvalue weighted by Crippen LogP contribution is -2.56. The first-order chi connectivity index (χ1) is 13.5. The molecule has 8 heteroatoms. The van der Waals surface area contributed by atoms with Crippen LogP contribution in [0.1, 0.15) is 44.9 Å². The van der Waals surface area contributed by atoms with Crippen molar-refractivity contribution < 1.29 is 23.1 Å². The van der Waals surface area contributed by atoms with Crippen molar-refractivity contribution in [2.45, 2.75) is 55.4 Å². The minimum atomic E-state index is -3.71. The molecule has 2 N–H and O–H groups in total. The first-order valence-corrected chi connectivity index (χ1v) is 11.6. The molecule has 7 nitrogen and oxygen atoms in total. The molecule has 0 spiro atoms. The Labute approximate surface area is 172 Å². The molecule has 29 heavy (non-hydrogen) atoms. The van der Waals surface area contributed by atoms with Gasteiger partial charge in [-0.15, -0.1) is 0 Å². The van der Waals surface area contributed by atoms with Gasteiger partial charge in [0.1, 0.15) is 10.6 Å². The van der Waals surface area contributed by atoms with Crippen LogP contribution >= 0.6 is 0 Å². The topological polar surface area (TPSA) is 95.9 Å². The average Bonchev–Trinajstić information content (AvgIpc) is 2.58. The van der Waals surface area contributed by atoms with Crippen LogP contribution in [0.2, 0.25) is 0 Å². The smallest absolute Gasteiger partial charge is 0.246 e. The second kappa shape index (κ2) is 6.96. The Morgan fingerprint density at radius 2 is 1.90 bits per heavy atom. The normalized spacial score (nSPS) is 33.1. The van der Waals surface area contributed by atoms with Gasteiger partial charge >= 0.3 is 0 Å². The minimum Gasteiger partial charge on any atom is -0.495 e. The number of nitrogens with zero attached hydrogens (tertiary/aromatic N) is 1. The standard InChI is InChI=1S/C21H30N2O5S/c1-23(2)29(26,27)18-7-16(4-5-17(18)28-3)22-19(24)12-20-8-14-6-15(9-20)11-21(25,10-14)13-20/h4-5,7,14-15,25H,6,8-13H2,1-3H3,(H,22,24)/t14-,15-,20?,21?/m1/s1. The third-order valence-corrected chi connectivity index (χ3v) is 8.73. The number of methoxy groups -OCH3 is 1. The van der Waals surface area contributed by atoms with Crippen LogP contribution in [0.15, 0.2) is 23.1 Å². The maximum absolute atomic E-state index is 12.9. The van der Waals surface area contributed by atoms with E-state index in [0.717, 1.165) is 30.0 Å². The van der Waals surface area contributed by atoms with Crippen LogP contribution in [-0.4, -0.2) is 50.5 Å². The van der Waals surface area contributed by atoms with Gasteiger partial charge < -0.3 is 15.2 Å². The van der Waals surface area contributed by atoms with E-state index >= 15 is 0 Å². The van der Waals surface area contributed by atoms with Crippen molar-refractivity contribution in [3.8, 4) is 5.75 Å². The lowest BCUT2D eigenvalue weighted by atomic mass is 9.47. The summed E-state index contributed by atoms with van der Waals surface area (Å²) in [5, 5.41) is 13.8. The number of carbonyl (C=O) groups is 1. The predicted molar refractivity (Wildman–Crippen MR) is 109 cm³/mol. The number of carbonyl (C=O) groups excluding carboxylic acids is 1. The summed E-state index contributed by atoms with van der Waals surface area (Å²) in [6.45, 7) is 0. The predicted octanol–water partition coefficient (Wildman–Crippen LogP) is 2.61. The van der Waals surface area contributed by atoms with E-state index in [4.69, 9.17) is 4.74 Å². The molecule has 0 aromatic heterocycles. The summed E-state index contributed by atoms with van der Waals surface area (Å²) >= 11 is 0. The zero-order valence-corrected chi connectivity index (χ0v) is 18.1. The minimum absolute atomic E-state index is 0.0203. The lowest BCUT2D eigenvalue weighted by Gasteiger charge is -2.60. The van der Waals surface area contributed by atoms with Crippen molar-refractivity contribution in [1.82, 2.24) is 4.31 Å². The van der Waals surface area contributed by atoms with E-state index in [1.54, 1.807) is 12.1 Å². The molecule has 5 rings (SSSR count). The molecule has 4 saturated carbocycles. The van der Waals surface area contributed by atoms with Crippen LogP contribution in [0.5, 0.6) is 5.75 Å². The van der Waals surface area contributed by atoms with Gasteiger partial charge in [-0.3, -0.25) is 4.79 Å². The fraction of sp³-hybridized carbons (Fsp3) is 0.667. The summed E-state index contributed by atoms with van der Waals surface area (Å²) in [4.78, 5) is 12.9. The van der Waals surface area contributed by atoms with E-state index in [9.17, 15) is 18.3 Å². The number of aliphatic hydroxyl groups is 1. The van der Waals surface area contributed by atoms with Crippen LogP contribution in [-0.2, 0) is 14.8 Å². The summed E-state index contributed by atoms with van der Waals surface area (Å²) in [6, 6.07) is 4.65. The molecule has 1 aromatic carbocycles. The number of benzene rings is 1. The molecule has 4 bridgehead atoms. The monoisotopic (exact) mass is 422 g/mol. The third-order valence-electron chi connectivity index (χ3n) is 6.89. The van der Waals surface area contributed by atoms with Crippen LogP contribution < -0.4 is 10.1 Å². The van der Waals surface area contributed by atoms with E-state index in [0.29, 0.717) is 30.4 Å². The molecule has 4 fully saturated rings. The molecular formula is C21H30N2O5S. The van der Waals surface area contributed by atoms with Crippen LogP contribution in [0.25, 0.3) is 0 Å². The molecule has 0 heterocycles. The highest BCUT2D eigenvalue weighted by atomic mass is 32.2. The number of hydrogen-bond acceptors (Lipinski definition) is 5. The van der Waals surface area contributed by atoms with E-state index in [-0.39, 0.29) is 22.0 Å². The number of hydrogen-bond donors (Lipinski definition) is 2. The molecule has 0 saturated heterocycles. The maximum atomic E-state index is 12.9. The average molecular weight is 423 g/mol. The molecule has 0 aliphatic heterocycles. The van der Waals surface area contributed by atoms with Gasteiger partial charge in [-0.2, -0.15) is 0 Å². The molecule has 0 unspecified atom stereocenters. The Morgan fingerprint density at radius 1 is 1.24 bits per heavy atom. The van der Waals surface area contributed by atoms with Gasteiger partial charge in [0, 0.05) is 26.2 Å². The van der Waals surface area contributed by atoms with Crippen LogP contribution in [0, 0.1) is 17.3 Å². The number of amides is 1. The maximum Gasteiger partial charge on any atom is 0.246 e. The SMILES string of the molecule is COc1ccc(NC(=O)CC23C[C@H]4C[C@@H](CC(O)(C4)C2)C3)cc1S(=O)(=O)N(C)C. The van der Waals surface area contributed by atoms with Gasteiger partial charge in [0.25, 0.3) is 0 Å². The first kappa shape index (κ1) is 20.6. The molecule has 1 aromatic rings. The molecular weight excluding hydrogens is 392 g/mol. The van der Waals surface area contributed by atoms with Gasteiger partial charge in [-0.05, 0) is 74.0 Å². The highest BCUT2D eigenvalue weighted by molar-refractivity contribution is 7.89. The van der Waals surface area contributed by atoms with E-state index < -0.39 is 15.6 Å². The second-order valence-electron chi connectivity index (χ2n) is 9.56. The molecule has 2 atom stereocenters. The molecule has 4 aliphatic rings. The van der Waals surface area contributed by atoms with E-state index in [1.165, 1.54) is 33.7 Å². The van der Waals surface area contributed by atoms with Crippen LogP contribution in [0.3, 0.4) is 0 Å². The van der Waals surface area contributed by atoms with E-state index in [1.807, 2.05) is 0 Å². The zero-order valence-electron chi connectivity index (χ0n) is 17.3. The fourth-order valence-corrected chi connectivity index (χ4v) is 7.38. The van der Waals surface area contributed by atoms with Crippen molar-refractivity contribution in [3.63, 3.8) is 0 Å². The van der Waals surface area contributed by atoms with Gasteiger partial charge in [0.05, 0.1) is 12.7 Å². The summed E-state index contributed by atoms with van der Waals surface area (Å²) in [7, 11) is 0.623. The van der Waals surface area contributed by atoms with Crippen molar-refractivity contribution >= 4 is 21.6 Å². The van der Waals surface area contributed by atoms with Gasteiger partial charge in [-0.1, -0.05) is 0 Å². The number of anilines is 1. The Morgan fingerprint density at radius 3 is 2.45 bits per heavy atom. The number of nitrogens with one attached hydrogen (secondary N) is 1. The molecule has 1 amide bonds. The van der Waals surface area contributed by atoms with Crippen molar-refractivity contribution in [2.75, 3.05) is 26.5 Å². The third kappa shape index (κ3) is 3.78. The Bertz CT molecular complexity index is 913. The summed E-state index contributed by atoms with van der Waals surface area (Å²) in [5.41, 5.74) is -0.301. The number of ether oxygens (including phenoxy) is 1. The highest BCUT2D eigenvalue weighted by Gasteiger charge is 2.57. The van der Waals surface area contributed by atoms with Gasteiger partial charge in [-0.25, -0.2) is 12.7 Å². The molecule has 0 radical (unpaired) electrons. The highest BCUT2D eigenvalue weighted by Crippen LogP contribution is 2.62. The molecule has 4 aliphatic carbocycles. The number of rotatable bonds is 6. The largest absolute Gasteiger partial charge is 0.495 e. The molecule has 160 valence electrons. The Kier molecular flexibility index (Phi) is 4.95. The first-order valence-electron chi connectivity index (χ1n) is 10.2. The zero-order chi connectivity index (χ0) is 21.0. The second-order valence-corrected chi connectivity index (χ2v) is 11.7. The van der Waals surface area contributed by atoms with Crippen molar-refractivity contribution in [1.29, 1.82) is 0 Å². The van der Waals surface area contributed by atoms with Crippen molar-refractivity contribution in [2.24, 2.45) is 17.3 Å². The van der Waals surface area contributed by atoms with Crippen LogP contribution in [0.4, 0.5) is 5.69 Å².